The number of benzene rings is 2. The van der Waals surface area contributed by atoms with E-state index in [1.165, 1.54) is 12.1 Å². The summed E-state index contributed by atoms with van der Waals surface area (Å²) in [5.41, 5.74) is 1.41. The topological polar surface area (TPSA) is 38.5 Å². The summed E-state index contributed by atoms with van der Waals surface area (Å²) in [7, 11) is 0. The molecular weight excluding hydrogens is 438 g/mol. The SMILES string of the molecule is Cl.Fc1ccc2c(CCCN3CCC(Oc4ccc(Cl)c(Cl)c4)CC3)noc2c1. The van der Waals surface area contributed by atoms with Gasteiger partial charge in [-0.1, -0.05) is 28.4 Å². The van der Waals surface area contributed by atoms with Crippen LogP contribution < -0.4 is 4.74 Å². The van der Waals surface area contributed by atoms with Crippen LogP contribution in [0.5, 0.6) is 5.75 Å². The average Bonchev–Trinajstić information content (AvgIpc) is 3.08. The van der Waals surface area contributed by atoms with Crippen molar-refractivity contribution in [3.8, 4) is 5.75 Å². The number of hydrogen-bond donors (Lipinski definition) is 0. The molecule has 0 unspecified atom stereocenters. The minimum absolute atomic E-state index is 0. The number of hydrogen-bond acceptors (Lipinski definition) is 4. The fourth-order valence-electron chi connectivity index (χ4n) is 3.61. The van der Waals surface area contributed by atoms with E-state index >= 15 is 0 Å². The van der Waals surface area contributed by atoms with Crippen molar-refractivity contribution in [1.29, 1.82) is 0 Å². The molecule has 29 heavy (non-hydrogen) atoms. The van der Waals surface area contributed by atoms with Crippen LogP contribution in [0, 0.1) is 5.82 Å². The summed E-state index contributed by atoms with van der Waals surface area (Å²) in [5, 5.41) is 6.04. The number of likely N-dealkylation sites (tertiary alicyclic amines) is 1. The van der Waals surface area contributed by atoms with Crippen molar-refractivity contribution in [1.82, 2.24) is 10.1 Å². The Morgan fingerprint density at radius 3 is 2.66 bits per heavy atom. The molecule has 1 aromatic heterocycles. The van der Waals surface area contributed by atoms with Gasteiger partial charge in [-0.25, -0.2) is 4.39 Å². The van der Waals surface area contributed by atoms with Gasteiger partial charge in [-0.15, -0.1) is 12.4 Å². The normalized spacial score (nSPS) is 15.4. The molecule has 0 saturated carbocycles. The van der Waals surface area contributed by atoms with Crippen molar-refractivity contribution in [2.75, 3.05) is 19.6 Å². The zero-order chi connectivity index (χ0) is 19.5. The van der Waals surface area contributed by atoms with Crippen molar-refractivity contribution < 1.29 is 13.7 Å². The molecule has 1 aliphatic heterocycles. The highest BCUT2D eigenvalue weighted by Crippen LogP contribution is 2.28. The highest BCUT2D eigenvalue weighted by molar-refractivity contribution is 6.42. The molecule has 1 aliphatic rings. The summed E-state index contributed by atoms with van der Waals surface area (Å²) in [6.07, 6.45) is 3.96. The molecule has 2 heterocycles. The van der Waals surface area contributed by atoms with Gasteiger partial charge in [0.1, 0.15) is 17.7 Å². The van der Waals surface area contributed by atoms with Crippen LogP contribution in [-0.2, 0) is 6.42 Å². The summed E-state index contributed by atoms with van der Waals surface area (Å²) in [6, 6.07) is 9.95. The molecule has 1 fully saturated rings. The molecule has 2 aromatic carbocycles. The Balaban J connectivity index is 0.00000240. The minimum atomic E-state index is -0.304. The predicted octanol–water partition coefficient (Wildman–Crippen LogP) is 6.17. The molecule has 0 N–H and O–H groups in total. The van der Waals surface area contributed by atoms with Gasteiger partial charge in [0.2, 0.25) is 0 Å². The van der Waals surface area contributed by atoms with Crippen LogP contribution in [0.3, 0.4) is 0 Å². The molecule has 1 saturated heterocycles. The summed E-state index contributed by atoms with van der Waals surface area (Å²) in [6.45, 7) is 2.99. The Bertz CT molecular complexity index is 958. The van der Waals surface area contributed by atoms with E-state index in [2.05, 4.69) is 10.1 Å². The van der Waals surface area contributed by atoms with Crippen molar-refractivity contribution in [3.05, 3.63) is 58.0 Å². The molecule has 0 bridgehead atoms. The van der Waals surface area contributed by atoms with Gasteiger partial charge in [-0.2, -0.15) is 0 Å². The van der Waals surface area contributed by atoms with E-state index < -0.39 is 0 Å². The summed E-state index contributed by atoms with van der Waals surface area (Å²) in [4.78, 5) is 2.44. The number of halogens is 4. The molecule has 4 nitrogen and oxygen atoms in total. The maximum absolute atomic E-state index is 13.2. The molecule has 3 aromatic rings. The molecule has 0 spiro atoms. The second kappa shape index (κ2) is 9.98. The number of fused-ring (bicyclic) bond motifs is 1. The van der Waals surface area contributed by atoms with Crippen LogP contribution in [0.2, 0.25) is 10.0 Å². The number of rotatable bonds is 6. The van der Waals surface area contributed by atoms with Crippen LogP contribution in [0.1, 0.15) is 25.0 Å². The van der Waals surface area contributed by atoms with E-state index in [0.717, 1.165) is 62.1 Å². The molecule has 0 atom stereocenters. The quantitative estimate of drug-likeness (QED) is 0.442. The number of ether oxygens (including phenoxy) is 1. The van der Waals surface area contributed by atoms with Gasteiger partial charge in [-0.05, 0) is 56.5 Å². The molecule has 0 aliphatic carbocycles. The van der Waals surface area contributed by atoms with Crippen LogP contribution in [0.15, 0.2) is 40.9 Å². The largest absolute Gasteiger partial charge is 0.490 e. The Morgan fingerprint density at radius 2 is 1.90 bits per heavy atom. The second-order valence-corrected chi connectivity index (χ2v) is 7.92. The lowest BCUT2D eigenvalue weighted by Gasteiger charge is -2.32. The van der Waals surface area contributed by atoms with E-state index in [1.807, 2.05) is 6.07 Å². The summed E-state index contributed by atoms with van der Waals surface area (Å²) < 4.78 is 24.5. The third kappa shape index (κ3) is 5.54. The van der Waals surface area contributed by atoms with Gasteiger partial charge in [0.25, 0.3) is 0 Å². The third-order valence-corrected chi connectivity index (χ3v) is 5.86. The Labute approximate surface area is 185 Å². The first-order valence-corrected chi connectivity index (χ1v) is 10.2. The predicted molar refractivity (Wildman–Crippen MR) is 116 cm³/mol. The third-order valence-electron chi connectivity index (χ3n) is 5.13. The van der Waals surface area contributed by atoms with E-state index in [9.17, 15) is 4.39 Å². The zero-order valence-corrected chi connectivity index (χ0v) is 18.1. The Morgan fingerprint density at radius 1 is 1.10 bits per heavy atom. The molecule has 0 amide bonds. The number of aryl methyl sites for hydroxylation is 1. The fourth-order valence-corrected chi connectivity index (χ4v) is 3.90. The number of aromatic nitrogens is 1. The molecule has 8 heteroatoms. The van der Waals surface area contributed by atoms with Gasteiger partial charge >= 0.3 is 0 Å². The molecule has 4 rings (SSSR count). The number of piperidine rings is 1. The van der Waals surface area contributed by atoms with Crippen molar-refractivity contribution >= 4 is 46.6 Å². The van der Waals surface area contributed by atoms with Crippen molar-refractivity contribution in [3.63, 3.8) is 0 Å². The lowest BCUT2D eigenvalue weighted by molar-refractivity contribution is 0.0999. The summed E-state index contributed by atoms with van der Waals surface area (Å²) >= 11 is 12.0. The Kier molecular flexibility index (Phi) is 7.63. The van der Waals surface area contributed by atoms with Crippen LogP contribution in [0.4, 0.5) is 4.39 Å². The Hall–Kier alpha value is -1.53. The van der Waals surface area contributed by atoms with E-state index in [0.29, 0.717) is 15.6 Å². The average molecular weight is 460 g/mol. The first-order valence-electron chi connectivity index (χ1n) is 9.46. The van der Waals surface area contributed by atoms with Gasteiger partial charge in [-0.3, -0.25) is 0 Å². The van der Waals surface area contributed by atoms with E-state index in [4.69, 9.17) is 32.5 Å². The molecule has 0 radical (unpaired) electrons. The second-order valence-electron chi connectivity index (χ2n) is 7.11. The van der Waals surface area contributed by atoms with E-state index in [-0.39, 0.29) is 24.3 Å². The maximum Gasteiger partial charge on any atom is 0.170 e. The fraction of sp³-hybridized carbons (Fsp3) is 0.381. The van der Waals surface area contributed by atoms with Crippen LogP contribution in [0.25, 0.3) is 11.0 Å². The van der Waals surface area contributed by atoms with Crippen molar-refractivity contribution in [2.45, 2.75) is 31.8 Å². The highest BCUT2D eigenvalue weighted by Gasteiger charge is 2.20. The zero-order valence-electron chi connectivity index (χ0n) is 15.7. The first-order chi connectivity index (χ1) is 13.6. The van der Waals surface area contributed by atoms with Crippen LogP contribution >= 0.6 is 35.6 Å². The lowest BCUT2D eigenvalue weighted by atomic mass is 10.1. The summed E-state index contributed by atoms with van der Waals surface area (Å²) in [5.74, 6) is 0.461. The maximum atomic E-state index is 13.2. The molecular formula is C21H22Cl3FN2O2. The van der Waals surface area contributed by atoms with Gasteiger partial charge in [0, 0.05) is 30.6 Å². The minimum Gasteiger partial charge on any atom is -0.490 e. The van der Waals surface area contributed by atoms with Gasteiger partial charge in [0.15, 0.2) is 5.58 Å². The smallest absolute Gasteiger partial charge is 0.170 e. The van der Waals surface area contributed by atoms with E-state index in [1.54, 1.807) is 18.2 Å². The van der Waals surface area contributed by atoms with Crippen molar-refractivity contribution in [2.24, 2.45) is 0 Å². The molecule has 156 valence electrons. The highest BCUT2D eigenvalue weighted by atomic mass is 35.5. The van der Waals surface area contributed by atoms with Gasteiger partial charge < -0.3 is 14.2 Å². The number of nitrogens with zero attached hydrogens (tertiary/aromatic N) is 2. The van der Waals surface area contributed by atoms with Gasteiger partial charge in [0.05, 0.1) is 15.7 Å². The standard InChI is InChI=1S/C21H21Cl2FN2O2.ClH/c22-18-6-4-16(13-19(18)23)27-15-7-10-26(11-8-15)9-1-2-20-17-5-3-14(24)12-21(17)28-25-20;/h3-6,12-13,15H,1-2,7-11H2;1H. The van der Waals surface area contributed by atoms with Crippen LogP contribution in [-0.4, -0.2) is 35.8 Å². The monoisotopic (exact) mass is 458 g/mol. The first kappa shape index (κ1) is 22.2. The lowest BCUT2D eigenvalue weighted by Crippen LogP contribution is -2.38.